The monoisotopic (exact) mass is 227 g/mol. The van der Waals surface area contributed by atoms with Crippen molar-refractivity contribution < 1.29 is 0 Å². The summed E-state index contributed by atoms with van der Waals surface area (Å²) in [6.07, 6.45) is 0. The van der Waals surface area contributed by atoms with Crippen LogP contribution in [0, 0.1) is 19.3 Å². The van der Waals surface area contributed by atoms with Crippen molar-refractivity contribution in [1.82, 2.24) is 4.98 Å². The molecule has 4 heteroatoms. The van der Waals surface area contributed by atoms with E-state index in [1.807, 2.05) is 0 Å². The molecule has 0 saturated heterocycles. The molecule has 0 radical (unpaired) electrons. The molecular weight excluding hydrogens is 206 g/mol. The first kappa shape index (κ1) is 12.5. The number of aromatic nitrogens is 1. The molecule has 0 aromatic carbocycles. The van der Waals surface area contributed by atoms with E-state index in [9.17, 15) is 0 Å². The number of nitrogens with two attached hydrogens (primary N) is 1. The van der Waals surface area contributed by atoms with Gasteiger partial charge in [0.1, 0.15) is 0 Å². The quantitative estimate of drug-likeness (QED) is 0.857. The van der Waals surface area contributed by atoms with Crippen molar-refractivity contribution in [3.05, 3.63) is 10.6 Å². The molecular formula is C11H21N3S. The van der Waals surface area contributed by atoms with Crippen molar-refractivity contribution in [3.8, 4) is 0 Å². The van der Waals surface area contributed by atoms with Crippen LogP contribution >= 0.6 is 11.3 Å². The zero-order valence-corrected chi connectivity index (χ0v) is 11.1. The summed E-state index contributed by atoms with van der Waals surface area (Å²) in [5.74, 6) is 0. The van der Waals surface area contributed by atoms with Gasteiger partial charge in [0, 0.05) is 18.5 Å². The molecule has 1 aromatic heterocycles. The first-order chi connectivity index (χ1) is 6.85. The van der Waals surface area contributed by atoms with Gasteiger partial charge in [-0.05, 0) is 25.8 Å². The molecule has 15 heavy (non-hydrogen) atoms. The average molecular weight is 227 g/mol. The van der Waals surface area contributed by atoms with Crippen LogP contribution in [0.5, 0.6) is 0 Å². The molecule has 0 fully saturated rings. The maximum absolute atomic E-state index is 5.72. The van der Waals surface area contributed by atoms with E-state index in [2.05, 4.69) is 44.6 Å². The van der Waals surface area contributed by atoms with Crippen LogP contribution in [0.15, 0.2) is 0 Å². The summed E-state index contributed by atoms with van der Waals surface area (Å²) in [5, 5.41) is 1.09. The van der Waals surface area contributed by atoms with Crippen LogP contribution in [0.1, 0.15) is 24.4 Å². The number of hydrogen-bond acceptors (Lipinski definition) is 4. The maximum atomic E-state index is 5.72. The Hall–Kier alpha value is -0.610. The van der Waals surface area contributed by atoms with Crippen molar-refractivity contribution in [2.24, 2.45) is 11.1 Å². The Morgan fingerprint density at radius 1 is 1.40 bits per heavy atom. The van der Waals surface area contributed by atoms with Crippen LogP contribution in [0.3, 0.4) is 0 Å². The minimum absolute atomic E-state index is 0.141. The fourth-order valence-corrected chi connectivity index (χ4v) is 2.26. The van der Waals surface area contributed by atoms with Gasteiger partial charge in [0.15, 0.2) is 5.13 Å². The molecule has 1 heterocycles. The van der Waals surface area contributed by atoms with Gasteiger partial charge in [-0.15, -0.1) is 11.3 Å². The third-order valence-electron chi connectivity index (χ3n) is 2.56. The van der Waals surface area contributed by atoms with E-state index < -0.39 is 0 Å². The lowest BCUT2D eigenvalue weighted by Crippen LogP contribution is -2.36. The van der Waals surface area contributed by atoms with E-state index in [4.69, 9.17) is 5.73 Å². The Morgan fingerprint density at radius 3 is 2.40 bits per heavy atom. The third kappa shape index (κ3) is 3.18. The summed E-state index contributed by atoms with van der Waals surface area (Å²) < 4.78 is 0. The van der Waals surface area contributed by atoms with Gasteiger partial charge in [-0.25, -0.2) is 4.98 Å². The van der Waals surface area contributed by atoms with E-state index in [0.717, 1.165) is 17.4 Å². The first-order valence-electron chi connectivity index (χ1n) is 5.21. The molecule has 0 atom stereocenters. The van der Waals surface area contributed by atoms with Gasteiger partial charge in [0.2, 0.25) is 0 Å². The number of aryl methyl sites for hydroxylation is 2. The van der Waals surface area contributed by atoms with Crippen molar-refractivity contribution in [2.75, 3.05) is 25.0 Å². The molecule has 0 aliphatic heterocycles. The predicted molar refractivity (Wildman–Crippen MR) is 67.7 cm³/mol. The van der Waals surface area contributed by atoms with Crippen LogP contribution in [0.4, 0.5) is 5.13 Å². The number of nitrogens with zero attached hydrogens (tertiary/aromatic N) is 2. The molecule has 2 N–H and O–H groups in total. The fourth-order valence-electron chi connectivity index (χ4n) is 1.39. The summed E-state index contributed by atoms with van der Waals surface area (Å²) in [6.45, 7) is 10.2. The number of hydrogen-bond donors (Lipinski definition) is 1. The van der Waals surface area contributed by atoms with Gasteiger partial charge in [0.25, 0.3) is 0 Å². The molecule has 3 nitrogen and oxygen atoms in total. The second-order valence-corrected chi connectivity index (χ2v) is 6.04. The average Bonchev–Trinajstić information content (AvgIpc) is 2.47. The molecule has 0 amide bonds. The zero-order valence-electron chi connectivity index (χ0n) is 10.3. The highest BCUT2D eigenvalue weighted by Gasteiger charge is 2.20. The van der Waals surface area contributed by atoms with Gasteiger partial charge in [-0.3, -0.25) is 0 Å². The lowest BCUT2D eigenvalue weighted by Gasteiger charge is -2.28. The van der Waals surface area contributed by atoms with Crippen LogP contribution in [0.2, 0.25) is 0 Å². The Balaban J connectivity index is 2.73. The molecule has 1 rings (SSSR count). The van der Waals surface area contributed by atoms with Gasteiger partial charge in [0.05, 0.1) is 5.69 Å². The summed E-state index contributed by atoms with van der Waals surface area (Å²) in [6, 6.07) is 0. The van der Waals surface area contributed by atoms with Crippen LogP contribution in [0.25, 0.3) is 0 Å². The number of anilines is 1. The second-order valence-electron chi connectivity index (χ2n) is 4.86. The molecule has 0 aliphatic rings. The zero-order chi connectivity index (χ0) is 11.6. The highest BCUT2D eigenvalue weighted by Crippen LogP contribution is 2.26. The number of thiazole rings is 1. The lowest BCUT2D eigenvalue weighted by atomic mass is 9.93. The Bertz CT molecular complexity index is 311. The summed E-state index contributed by atoms with van der Waals surface area (Å²) in [5.41, 5.74) is 7.00. The Kier molecular flexibility index (Phi) is 3.73. The molecule has 0 aliphatic carbocycles. The standard InChI is InChI=1S/C11H21N3S/c1-8-9(2)15-10(13-8)14(5)7-11(3,4)6-12/h6-7,12H2,1-5H3. The smallest absolute Gasteiger partial charge is 0.185 e. The van der Waals surface area contributed by atoms with E-state index in [0.29, 0.717) is 6.54 Å². The topological polar surface area (TPSA) is 42.2 Å². The fraction of sp³-hybridized carbons (Fsp3) is 0.727. The largest absolute Gasteiger partial charge is 0.351 e. The SMILES string of the molecule is Cc1nc(N(C)CC(C)(C)CN)sc1C. The highest BCUT2D eigenvalue weighted by atomic mass is 32.1. The Labute approximate surface area is 96.3 Å². The van der Waals surface area contributed by atoms with Gasteiger partial charge in [-0.1, -0.05) is 13.8 Å². The molecule has 0 bridgehead atoms. The minimum Gasteiger partial charge on any atom is -0.351 e. The molecule has 86 valence electrons. The van der Waals surface area contributed by atoms with Crippen molar-refractivity contribution in [1.29, 1.82) is 0 Å². The lowest BCUT2D eigenvalue weighted by molar-refractivity contribution is 0.385. The van der Waals surface area contributed by atoms with Gasteiger partial charge >= 0.3 is 0 Å². The van der Waals surface area contributed by atoms with E-state index in [1.165, 1.54) is 4.88 Å². The van der Waals surface area contributed by atoms with Crippen molar-refractivity contribution in [3.63, 3.8) is 0 Å². The second kappa shape index (κ2) is 4.49. The normalized spacial score (nSPS) is 11.9. The van der Waals surface area contributed by atoms with Crippen LogP contribution in [-0.4, -0.2) is 25.1 Å². The molecule has 1 aromatic rings. The van der Waals surface area contributed by atoms with E-state index in [-0.39, 0.29) is 5.41 Å². The first-order valence-corrected chi connectivity index (χ1v) is 6.02. The van der Waals surface area contributed by atoms with Gasteiger partial charge < -0.3 is 10.6 Å². The van der Waals surface area contributed by atoms with Crippen molar-refractivity contribution >= 4 is 16.5 Å². The highest BCUT2D eigenvalue weighted by molar-refractivity contribution is 7.15. The number of rotatable bonds is 4. The molecule has 0 spiro atoms. The maximum Gasteiger partial charge on any atom is 0.185 e. The van der Waals surface area contributed by atoms with Crippen LogP contribution < -0.4 is 10.6 Å². The van der Waals surface area contributed by atoms with Crippen molar-refractivity contribution in [2.45, 2.75) is 27.7 Å². The van der Waals surface area contributed by atoms with Gasteiger partial charge in [-0.2, -0.15) is 0 Å². The predicted octanol–water partition coefficient (Wildman–Crippen LogP) is 2.18. The molecule has 0 saturated carbocycles. The minimum atomic E-state index is 0.141. The summed E-state index contributed by atoms with van der Waals surface area (Å²) >= 11 is 1.75. The third-order valence-corrected chi connectivity index (χ3v) is 3.75. The van der Waals surface area contributed by atoms with Crippen LogP contribution in [-0.2, 0) is 0 Å². The Morgan fingerprint density at radius 2 is 2.00 bits per heavy atom. The summed E-state index contributed by atoms with van der Waals surface area (Å²) in [7, 11) is 2.08. The van der Waals surface area contributed by atoms with E-state index >= 15 is 0 Å². The molecule has 0 unspecified atom stereocenters. The summed E-state index contributed by atoms with van der Waals surface area (Å²) in [4.78, 5) is 8.02. The van der Waals surface area contributed by atoms with E-state index in [1.54, 1.807) is 11.3 Å².